The lowest BCUT2D eigenvalue weighted by Crippen LogP contribution is -2.38. The van der Waals surface area contributed by atoms with Crippen molar-refractivity contribution in [3.05, 3.63) is 166 Å². The van der Waals surface area contributed by atoms with Crippen LogP contribution in [0.4, 0.5) is 5.69 Å². The standard InChI is InChI=1S/C22H17N3O3.C20H22N4O2/c26-21(24-28)17-12-10-15(11-13-17)14-25-20(16-6-2-1-3-7-16)23-19-9-5-4-8-18(19)22(25)27;25-20(23-26)15-7-5-14(6-8-15)12-24-13-17-3-1-2-4-18(17)22-19(24)16-9-10-21-11-16/h1-13,28H,14H2,(H,24,26);1-8,16,21,26H,9-13H2,(H,23,25)/t;16-/m.0/s1. The van der Waals surface area contributed by atoms with E-state index in [2.05, 4.69) is 28.4 Å². The Labute approximate surface area is 311 Å². The van der Waals surface area contributed by atoms with Gasteiger partial charge in [0.25, 0.3) is 17.4 Å². The summed E-state index contributed by atoms with van der Waals surface area (Å²) in [4.78, 5) is 48.2. The molecule has 5 aromatic carbocycles. The molecule has 2 amide bonds. The Bertz CT molecular complexity index is 2350. The van der Waals surface area contributed by atoms with Crippen LogP contribution in [0.2, 0.25) is 0 Å². The van der Waals surface area contributed by atoms with Gasteiger partial charge in [-0.15, -0.1) is 0 Å². The first-order valence-corrected chi connectivity index (χ1v) is 17.7. The van der Waals surface area contributed by atoms with Crippen LogP contribution in [0, 0.1) is 5.92 Å². The Hall–Kier alpha value is -6.47. The second-order valence-electron chi connectivity index (χ2n) is 13.1. The normalized spacial score (nSPS) is 14.7. The van der Waals surface area contributed by atoms with Gasteiger partial charge in [0.05, 0.1) is 23.1 Å². The first-order valence-electron chi connectivity index (χ1n) is 17.7. The highest BCUT2D eigenvalue weighted by Crippen LogP contribution is 2.30. The van der Waals surface area contributed by atoms with E-state index in [1.165, 1.54) is 5.56 Å². The molecule has 1 aromatic heterocycles. The monoisotopic (exact) mass is 721 g/mol. The van der Waals surface area contributed by atoms with Crippen molar-refractivity contribution in [1.29, 1.82) is 0 Å². The molecule has 0 unspecified atom stereocenters. The molecular weight excluding hydrogens is 683 g/mol. The molecule has 3 heterocycles. The molecule has 2 aliphatic rings. The molecule has 0 aliphatic carbocycles. The Morgan fingerprint density at radius 3 is 2.00 bits per heavy atom. The lowest BCUT2D eigenvalue weighted by molar-refractivity contribution is 0.0702. The molecule has 6 aromatic rings. The van der Waals surface area contributed by atoms with E-state index in [1.54, 1.807) is 58.0 Å². The highest BCUT2D eigenvalue weighted by atomic mass is 16.5. The Morgan fingerprint density at radius 2 is 1.35 bits per heavy atom. The van der Waals surface area contributed by atoms with Gasteiger partial charge in [0.1, 0.15) is 11.7 Å². The Balaban J connectivity index is 0.000000167. The van der Waals surface area contributed by atoms with Crippen molar-refractivity contribution in [2.75, 3.05) is 13.1 Å². The van der Waals surface area contributed by atoms with E-state index in [0.29, 0.717) is 40.3 Å². The highest BCUT2D eigenvalue weighted by Gasteiger charge is 2.29. The molecule has 1 atom stereocenters. The van der Waals surface area contributed by atoms with Gasteiger partial charge in [-0.2, -0.15) is 0 Å². The number of hydrogen-bond acceptors (Lipinski definition) is 9. The average molecular weight is 722 g/mol. The molecule has 2 aliphatic heterocycles. The lowest BCUT2D eigenvalue weighted by atomic mass is 10.0. The molecule has 12 nitrogen and oxygen atoms in total. The third-order valence-corrected chi connectivity index (χ3v) is 9.58. The van der Waals surface area contributed by atoms with E-state index in [-0.39, 0.29) is 5.56 Å². The van der Waals surface area contributed by atoms with Crippen LogP contribution in [0.5, 0.6) is 0 Å². The molecule has 12 heteroatoms. The number of aromatic nitrogens is 2. The third kappa shape index (κ3) is 7.96. The Kier molecular flexibility index (Phi) is 11.0. The molecule has 5 N–H and O–H groups in total. The zero-order valence-corrected chi connectivity index (χ0v) is 29.4. The number of carbonyl (C=O) groups is 2. The Morgan fingerprint density at radius 1 is 0.741 bits per heavy atom. The number of carbonyl (C=O) groups excluding carboxylic acids is 2. The number of amides is 2. The van der Waals surface area contributed by atoms with Crippen LogP contribution >= 0.6 is 0 Å². The van der Waals surface area contributed by atoms with Gasteiger partial charge < -0.3 is 10.2 Å². The first-order chi connectivity index (χ1) is 26.4. The maximum atomic E-state index is 13.2. The van der Waals surface area contributed by atoms with Crippen molar-refractivity contribution in [2.45, 2.75) is 26.1 Å². The van der Waals surface area contributed by atoms with Crippen molar-refractivity contribution >= 4 is 34.2 Å². The summed E-state index contributed by atoms with van der Waals surface area (Å²) in [5, 5.41) is 21.5. The SMILES string of the molecule is O=C(NO)c1ccc(CN2Cc3ccccc3N=C2[C@H]2CCNC2)cc1.O=C(NO)c1ccc(Cn2c(-c3ccccc3)nc3ccccc3c2=O)cc1. The fraction of sp³-hybridized carbons (Fsp3) is 0.167. The molecular formula is C42H39N7O5. The predicted octanol–water partition coefficient (Wildman–Crippen LogP) is 5.69. The smallest absolute Gasteiger partial charge is 0.274 e. The molecule has 1 saturated heterocycles. The van der Waals surface area contributed by atoms with E-state index in [9.17, 15) is 14.4 Å². The van der Waals surface area contributed by atoms with Gasteiger partial charge in [0.15, 0.2) is 0 Å². The topological polar surface area (TPSA) is 161 Å². The summed E-state index contributed by atoms with van der Waals surface area (Å²) in [5.74, 6) is 1.08. The second-order valence-corrected chi connectivity index (χ2v) is 13.1. The van der Waals surface area contributed by atoms with Crippen LogP contribution in [-0.4, -0.2) is 55.6 Å². The van der Waals surface area contributed by atoms with Crippen molar-refractivity contribution in [3.8, 4) is 11.4 Å². The molecule has 0 spiro atoms. The summed E-state index contributed by atoms with van der Waals surface area (Å²) in [6, 6.07) is 39.2. The summed E-state index contributed by atoms with van der Waals surface area (Å²) in [6.07, 6.45) is 1.10. The summed E-state index contributed by atoms with van der Waals surface area (Å²) in [7, 11) is 0. The molecule has 0 bridgehead atoms. The number of hydroxylamine groups is 2. The average Bonchev–Trinajstić information content (AvgIpc) is 3.77. The highest BCUT2D eigenvalue weighted by molar-refractivity contribution is 5.94. The minimum Gasteiger partial charge on any atom is -0.351 e. The fourth-order valence-electron chi connectivity index (χ4n) is 6.77. The van der Waals surface area contributed by atoms with Gasteiger partial charge >= 0.3 is 0 Å². The van der Waals surface area contributed by atoms with Gasteiger partial charge in [-0.05, 0) is 72.1 Å². The number of aliphatic imine (C=N–C) groups is 1. The summed E-state index contributed by atoms with van der Waals surface area (Å²) in [5.41, 5.74) is 9.67. The van der Waals surface area contributed by atoms with E-state index >= 15 is 0 Å². The molecule has 0 radical (unpaired) electrons. The van der Waals surface area contributed by atoms with Crippen LogP contribution in [0.3, 0.4) is 0 Å². The van der Waals surface area contributed by atoms with E-state index in [1.807, 2.05) is 66.7 Å². The van der Waals surface area contributed by atoms with Gasteiger partial charge in [-0.3, -0.25) is 29.4 Å². The minimum atomic E-state index is -0.582. The number of para-hydroxylation sites is 2. The van der Waals surface area contributed by atoms with Crippen molar-refractivity contribution in [1.82, 2.24) is 30.7 Å². The number of nitrogens with zero attached hydrogens (tertiary/aromatic N) is 4. The van der Waals surface area contributed by atoms with Crippen LogP contribution in [0.1, 0.15) is 43.8 Å². The zero-order chi connectivity index (χ0) is 37.4. The van der Waals surface area contributed by atoms with Gasteiger partial charge in [0.2, 0.25) is 0 Å². The summed E-state index contributed by atoms with van der Waals surface area (Å²) < 4.78 is 1.64. The maximum Gasteiger partial charge on any atom is 0.274 e. The summed E-state index contributed by atoms with van der Waals surface area (Å²) in [6.45, 7) is 3.88. The van der Waals surface area contributed by atoms with Crippen LogP contribution in [0.25, 0.3) is 22.3 Å². The third-order valence-electron chi connectivity index (χ3n) is 9.58. The van der Waals surface area contributed by atoms with Crippen molar-refractivity contribution < 1.29 is 20.0 Å². The van der Waals surface area contributed by atoms with E-state index in [0.717, 1.165) is 60.8 Å². The number of nitrogens with one attached hydrogen (secondary N) is 3. The number of amidine groups is 1. The molecule has 0 saturated carbocycles. The molecule has 54 heavy (non-hydrogen) atoms. The lowest BCUT2D eigenvalue weighted by Gasteiger charge is -2.33. The summed E-state index contributed by atoms with van der Waals surface area (Å²) >= 11 is 0. The van der Waals surface area contributed by atoms with Crippen LogP contribution < -0.4 is 21.8 Å². The van der Waals surface area contributed by atoms with Gasteiger partial charge in [-0.1, -0.05) is 84.9 Å². The minimum absolute atomic E-state index is 0.123. The van der Waals surface area contributed by atoms with Crippen molar-refractivity contribution in [3.63, 3.8) is 0 Å². The molecule has 1 fully saturated rings. The first kappa shape index (κ1) is 35.9. The number of rotatable bonds is 8. The van der Waals surface area contributed by atoms with E-state index < -0.39 is 11.8 Å². The van der Waals surface area contributed by atoms with Crippen LogP contribution in [0.15, 0.2) is 137 Å². The number of hydrogen-bond donors (Lipinski definition) is 5. The molecule has 8 rings (SSSR count). The maximum absolute atomic E-state index is 13.2. The number of benzene rings is 5. The zero-order valence-electron chi connectivity index (χ0n) is 29.4. The van der Waals surface area contributed by atoms with E-state index in [4.69, 9.17) is 20.4 Å². The van der Waals surface area contributed by atoms with Crippen LogP contribution in [-0.2, 0) is 19.6 Å². The number of fused-ring (bicyclic) bond motifs is 2. The predicted molar refractivity (Wildman–Crippen MR) is 206 cm³/mol. The molecule has 272 valence electrons. The fourth-order valence-corrected chi connectivity index (χ4v) is 6.77. The quantitative estimate of drug-likeness (QED) is 0.0990. The van der Waals surface area contributed by atoms with Crippen molar-refractivity contribution in [2.24, 2.45) is 10.9 Å². The second kappa shape index (κ2) is 16.5. The van der Waals surface area contributed by atoms with Gasteiger partial charge in [-0.25, -0.2) is 20.9 Å². The van der Waals surface area contributed by atoms with Gasteiger partial charge in [0, 0.05) is 42.2 Å². The largest absolute Gasteiger partial charge is 0.351 e.